The predicted octanol–water partition coefficient (Wildman–Crippen LogP) is 1.11. The lowest BCUT2D eigenvalue weighted by molar-refractivity contribution is -0.133. The van der Waals surface area contributed by atoms with Crippen molar-refractivity contribution in [2.75, 3.05) is 46.5 Å². The van der Waals surface area contributed by atoms with Gasteiger partial charge in [0.2, 0.25) is 5.91 Å². The summed E-state index contributed by atoms with van der Waals surface area (Å²) in [5.74, 6) is 0.610. The fraction of sp³-hybridized carbons (Fsp3) is 0.941. The second-order valence-electron chi connectivity index (χ2n) is 7.51. The van der Waals surface area contributed by atoms with Crippen molar-refractivity contribution in [3.8, 4) is 0 Å². The Bertz CT molecular complexity index is 397. The van der Waals surface area contributed by atoms with Crippen molar-refractivity contribution < 1.29 is 14.6 Å². The van der Waals surface area contributed by atoms with Gasteiger partial charge in [0.15, 0.2) is 0 Å². The molecule has 0 aromatic rings. The number of hydrogen-bond acceptors (Lipinski definition) is 4. The monoisotopic (exact) mass is 310 g/mol. The van der Waals surface area contributed by atoms with E-state index in [0.29, 0.717) is 18.5 Å². The Morgan fingerprint density at radius 3 is 2.82 bits per heavy atom. The molecule has 2 aliphatic heterocycles. The molecule has 1 N–H and O–H groups in total. The van der Waals surface area contributed by atoms with Gasteiger partial charge in [0.05, 0.1) is 19.8 Å². The van der Waals surface area contributed by atoms with Gasteiger partial charge in [-0.25, -0.2) is 0 Å². The molecule has 2 saturated heterocycles. The minimum absolute atomic E-state index is 0.0397. The Balaban J connectivity index is 1.55. The van der Waals surface area contributed by atoms with Crippen LogP contribution in [-0.4, -0.2) is 73.4 Å². The normalized spacial score (nSPS) is 33.6. The highest BCUT2D eigenvalue weighted by molar-refractivity contribution is 5.78. The van der Waals surface area contributed by atoms with Gasteiger partial charge in [0, 0.05) is 44.1 Å². The Kier molecular flexibility index (Phi) is 5.05. The van der Waals surface area contributed by atoms with Gasteiger partial charge in [-0.05, 0) is 19.3 Å². The lowest BCUT2D eigenvalue weighted by atomic mass is 9.75. The molecule has 3 rings (SSSR count). The highest BCUT2D eigenvalue weighted by Gasteiger charge is 2.48. The molecule has 2 atom stereocenters. The minimum atomic E-state index is -0.0397. The minimum Gasteiger partial charge on any atom is -0.396 e. The highest BCUT2D eigenvalue weighted by Crippen LogP contribution is 2.41. The van der Waals surface area contributed by atoms with Crippen molar-refractivity contribution in [3.05, 3.63) is 0 Å². The molecule has 0 aromatic carbocycles. The zero-order valence-electron chi connectivity index (χ0n) is 13.8. The third-order valence-electron chi connectivity index (χ3n) is 6.14. The van der Waals surface area contributed by atoms with E-state index < -0.39 is 0 Å². The molecule has 5 nitrogen and oxygen atoms in total. The van der Waals surface area contributed by atoms with Crippen LogP contribution >= 0.6 is 0 Å². The summed E-state index contributed by atoms with van der Waals surface area (Å²) in [7, 11) is 1.96. The molecule has 5 heteroatoms. The van der Waals surface area contributed by atoms with E-state index in [4.69, 9.17) is 4.74 Å². The third-order valence-corrected chi connectivity index (χ3v) is 6.14. The van der Waals surface area contributed by atoms with Crippen molar-refractivity contribution in [1.29, 1.82) is 0 Å². The largest absolute Gasteiger partial charge is 0.396 e. The molecule has 0 bridgehead atoms. The fourth-order valence-corrected chi connectivity index (χ4v) is 4.51. The van der Waals surface area contributed by atoms with Crippen molar-refractivity contribution in [1.82, 2.24) is 9.80 Å². The van der Waals surface area contributed by atoms with Gasteiger partial charge in [-0.3, -0.25) is 9.69 Å². The van der Waals surface area contributed by atoms with E-state index in [1.54, 1.807) is 0 Å². The standard InChI is InChI=1S/C17H30N2O3/c1-18(15-5-3-2-4-6-15)16(21)10-19-9-14-11-22-8-7-17(14,12-19)13-20/h14-15,20H,2-13H2,1H3/t14-,17-/m1/s1. The Labute approximate surface area is 133 Å². The van der Waals surface area contributed by atoms with E-state index in [1.165, 1.54) is 19.3 Å². The summed E-state index contributed by atoms with van der Waals surface area (Å²) in [6, 6.07) is 0.432. The van der Waals surface area contributed by atoms with E-state index in [0.717, 1.165) is 45.6 Å². The molecular formula is C17H30N2O3. The smallest absolute Gasteiger partial charge is 0.236 e. The van der Waals surface area contributed by atoms with Gasteiger partial charge in [0.25, 0.3) is 0 Å². The number of carbonyl (C=O) groups excluding carboxylic acids is 1. The highest BCUT2D eigenvalue weighted by atomic mass is 16.5. The quantitative estimate of drug-likeness (QED) is 0.845. The van der Waals surface area contributed by atoms with Gasteiger partial charge < -0.3 is 14.7 Å². The summed E-state index contributed by atoms with van der Waals surface area (Å²) >= 11 is 0. The number of ether oxygens (including phenoxy) is 1. The topological polar surface area (TPSA) is 53.0 Å². The van der Waals surface area contributed by atoms with E-state index in [2.05, 4.69) is 4.90 Å². The molecule has 3 aliphatic rings. The fourth-order valence-electron chi connectivity index (χ4n) is 4.51. The number of carbonyl (C=O) groups is 1. The van der Waals surface area contributed by atoms with Gasteiger partial charge >= 0.3 is 0 Å². The van der Waals surface area contributed by atoms with Gasteiger partial charge in [0.1, 0.15) is 0 Å². The molecule has 126 valence electrons. The summed E-state index contributed by atoms with van der Waals surface area (Å²) in [6.07, 6.45) is 7.03. The first-order valence-electron chi connectivity index (χ1n) is 8.81. The maximum absolute atomic E-state index is 12.6. The van der Waals surface area contributed by atoms with E-state index in [1.807, 2.05) is 11.9 Å². The summed E-state index contributed by atoms with van der Waals surface area (Å²) < 4.78 is 5.57. The number of rotatable bonds is 4. The van der Waals surface area contributed by atoms with Crippen LogP contribution in [0.25, 0.3) is 0 Å². The second kappa shape index (κ2) is 6.85. The molecule has 0 unspecified atom stereocenters. The predicted molar refractivity (Wildman–Crippen MR) is 84.5 cm³/mol. The van der Waals surface area contributed by atoms with E-state index >= 15 is 0 Å². The van der Waals surface area contributed by atoms with Crippen LogP contribution in [0.2, 0.25) is 0 Å². The molecule has 0 aromatic heterocycles. The van der Waals surface area contributed by atoms with Crippen LogP contribution in [0.1, 0.15) is 38.5 Å². The summed E-state index contributed by atoms with van der Waals surface area (Å²) in [5, 5.41) is 9.84. The zero-order chi connectivity index (χ0) is 15.6. The molecule has 22 heavy (non-hydrogen) atoms. The number of aliphatic hydroxyl groups is 1. The van der Waals surface area contributed by atoms with Crippen molar-refractivity contribution >= 4 is 5.91 Å². The number of nitrogens with zero attached hydrogens (tertiary/aromatic N) is 2. The number of hydrogen-bond donors (Lipinski definition) is 1. The van der Waals surface area contributed by atoms with Crippen LogP contribution in [0.5, 0.6) is 0 Å². The van der Waals surface area contributed by atoms with Crippen LogP contribution in [0, 0.1) is 11.3 Å². The molecule has 1 amide bonds. The van der Waals surface area contributed by atoms with Crippen molar-refractivity contribution in [2.45, 2.75) is 44.6 Å². The van der Waals surface area contributed by atoms with Crippen LogP contribution < -0.4 is 0 Å². The molecular weight excluding hydrogens is 280 g/mol. The first-order valence-corrected chi connectivity index (χ1v) is 8.81. The van der Waals surface area contributed by atoms with Gasteiger partial charge in [-0.2, -0.15) is 0 Å². The summed E-state index contributed by atoms with van der Waals surface area (Å²) in [4.78, 5) is 16.8. The Morgan fingerprint density at radius 1 is 1.36 bits per heavy atom. The molecule has 0 spiro atoms. The van der Waals surface area contributed by atoms with Gasteiger partial charge in [-0.1, -0.05) is 19.3 Å². The zero-order valence-corrected chi connectivity index (χ0v) is 13.8. The van der Waals surface area contributed by atoms with Crippen LogP contribution in [0.15, 0.2) is 0 Å². The molecule has 1 aliphatic carbocycles. The number of fused-ring (bicyclic) bond motifs is 1. The molecule has 0 radical (unpaired) electrons. The summed E-state index contributed by atoms with van der Waals surface area (Å²) in [6.45, 7) is 3.88. The van der Waals surface area contributed by atoms with E-state index in [-0.39, 0.29) is 17.9 Å². The average Bonchev–Trinajstić information content (AvgIpc) is 2.93. The third kappa shape index (κ3) is 3.17. The number of likely N-dealkylation sites (N-methyl/N-ethyl adjacent to an activating group) is 1. The van der Waals surface area contributed by atoms with Crippen molar-refractivity contribution in [2.24, 2.45) is 11.3 Å². The number of likely N-dealkylation sites (tertiary alicyclic amines) is 1. The number of amides is 1. The first-order chi connectivity index (χ1) is 10.6. The van der Waals surface area contributed by atoms with Crippen LogP contribution in [-0.2, 0) is 9.53 Å². The maximum atomic E-state index is 12.6. The molecule has 3 fully saturated rings. The molecule has 1 saturated carbocycles. The molecule has 2 heterocycles. The first kappa shape index (κ1) is 16.2. The summed E-state index contributed by atoms with van der Waals surface area (Å²) in [5.41, 5.74) is -0.0397. The van der Waals surface area contributed by atoms with Crippen molar-refractivity contribution in [3.63, 3.8) is 0 Å². The maximum Gasteiger partial charge on any atom is 0.236 e. The second-order valence-corrected chi connectivity index (χ2v) is 7.51. The number of aliphatic hydroxyl groups excluding tert-OH is 1. The van der Waals surface area contributed by atoms with Gasteiger partial charge in [-0.15, -0.1) is 0 Å². The SMILES string of the molecule is CN(C(=O)CN1C[C@@H]2COCC[C@]2(CO)C1)C1CCCCC1. The Morgan fingerprint density at radius 2 is 2.14 bits per heavy atom. The Hall–Kier alpha value is -0.650. The lowest BCUT2D eigenvalue weighted by Gasteiger charge is -2.36. The lowest BCUT2D eigenvalue weighted by Crippen LogP contribution is -2.44. The van der Waals surface area contributed by atoms with E-state index in [9.17, 15) is 9.90 Å². The average molecular weight is 310 g/mol. The van der Waals surface area contributed by atoms with Crippen LogP contribution in [0.3, 0.4) is 0 Å². The van der Waals surface area contributed by atoms with Crippen LogP contribution in [0.4, 0.5) is 0 Å².